The molecular formula is C18H15N3O5. The van der Waals surface area contributed by atoms with E-state index in [1.807, 2.05) is 18.2 Å². The number of aromatic hydroxyl groups is 1. The van der Waals surface area contributed by atoms with E-state index in [1.165, 1.54) is 18.2 Å². The minimum Gasteiger partial charge on any atom is -0.506 e. The minimum absolute atomic E-state index is 0.00512. The Bertz CT molecular complexity index is 956. The number of hydrogen-bond donors (Lipinski definition) is 2. The average molecular weight is 353 g/mol. The van der Waals surface area contributed by atoms with Crippen LogP contribution in [0.1, 0.15) is 29.5 Å². The summed E-state index contributed by atoms with van der Waals surface area (Å²) in [5, 5.41) is 35.8. The Morgan fingerprint density at radius 1 is 1.08 bits per heavy atom. The fourth-order valence-electron chi connectivity index (χ4n) is 3.93. The molecule has 3 unspecified atom stereocenters. The maximum Gasteiger partial charge on any atom is 0.273 e. The molecule has 1 heterocycles. The van der Waals surface area contributed by atoms with Crippen molar-refractivity contribution in [1.82, 2.24) is 0 Å². The largest absolute Gasteiger partial charge is 0.506 e. The van der Waals surface area contributed by atoms with Gasteiger partial charge in [0.2, 0.25) is 0 Å². The molecule has 26 heavy (non-hydrogen) atoms. The van der Waals surface area contributed by atoms with Crippen molar-refractivity contribution in [3.8, 4) is 5.75 Å². The van der Waals surface area contributed by atoms with Crippen molar-refractivity contribution in [2.45, 2.75) is 18.4 Å². The molecule has 0 amide bonds. The van der Waals surface area contributed by atoms with Crippen LogP contribution >= 0.6 is 0 Å². The molecule has 0 spiro atoms. The fourth-order valence-corrected chi connectivity index (χ4v) is 3.93. The van der Waals surface area contributed by atoms with Crippen molar-refractivity contribution in [3.63, 3.8) is 0 Å². The highest BCUT2D eigenvalue weighted by atomic mass is 16.6. The lowest BCUT2D eigenvalue weighted by atomic mass is 9.76. The number of phenolic OH excluding ortho intramolecular Hbond substituents is 1. The average Bonchev–Trinajstić information content (AvgIpc) is 3.11. The summed E-state index contributed by atoms with van der Waals surface area (Å²) in [5.41, 5.74) is 1.72. The van der Waals surface area contributed by atoms with Gasteiger partial charge in [0.05, 0.1) is 27.6 Å². The molecule has 132 valence electrons. The van der Waals surface area contributed by atoms with E-state index in [1.54, 1.807) is 6.07 Å². The van der Waals surface area contributed by atoms with Gasteiger partial charge in [-0.2, -0.15) is 0 Å². The molecule has 2 N–H and O–H groups in total. The van der Waals surface area contributed by atoms with Crippen LogP contribution in [0.5, 0.6) is 5.75 Å². The summed E-state index contributed by atoms with van der Waals surface area (Å²) < 4.78 is 0. The zero-order valence-corrected chi connectivity index (χ0v) is 13.5. The van der Waals surface area contributed by atoms with Crippen LogP contribution in [-0.4, -0.2) is 15.0 Å². The van der Waals surface area contributed by atoms with E-state index in [4.69, 9.17) is 0 Å². The van der Waals surface area contributed by atoms with Crippen LogP contribution in [0.15, 0.2) is 48.6 Å². The number of nitro groups is 2. The van der Waals surface area contributed by atoms with Crippen LogP contribution < -0.4 is 5.32 Å². The first-order valence-electron chi connectivity index (χ1n) is 8.14. The van der Waals surface area contributed by atoms with Gasteiger partial charge < -0.3 is 10.4 Å². The van der Waals surface area contributed by atoms with Crippen molar-refractivity contribution < 1.29 is 15.0 Å². The molecule has 8 nitrogen and oxygen atoms in total. The molecule has 0 saturated heterocycles. The molecule has 0 fully saturated rings. The van der Waals surface area contributed by atoms with Crippen molar-refractivity contribution in [2.24, 2.45) is 5.92 Å². The molecule has 2 aromatic rings. The quantitative estimate of drug-likeness (QED) is 0.372. The fraction of sp³-hybridized carbons (Fsp3) is 0.222. The molecule has 0 bridgehead atoms. The molecular weight excluding hydrogens is 338 g/mol. The van der Waals surface area contributed by atoms with Gasteiger partial charge in [0, 0.05) is 24.1 Å². The van der Waals surface area contributed by atoms with Gasteiger partial charge >= 0.3 is 0 Å². The second-order valence-corrected chi connectivity index (χ2v) is 6.51. The number of anilines is 1. The number of nitrogens with zero attached hydrogens (tertiary/aromatic N) is 2. The van der Waals surface area contributed by atoms with Gasteiger partial charge in [-0.05, 0) is 23.5 Å². The Morgan fingerprint density at radius 3 is 2.58 bits per heavy atom. The summed E-state index contributed by atoms with van der Waals surface area (Å²) in [6.45, 7) is 0. The van der Waals surface area contributed by atoms with Crippen LogP contribution in [0.25, 0.3) is 0 Å². The van der Waals surface area contributed by atoms with E-state index in [2.05, 4.69) is 5.32 Å². The lowest BCUT2D eigenvalue weighted by Crippen LogP contribution is -2.29. The number of phenols is 1. The number of nitro benzene ring substituents is 2. The maximum atomic E-state index is 11.1. The Morgan fingerprint density at radius 2 is 1.85 bits per heavy atom. The maximum absolute atomic E-state index is 11.1. The molecule has 8 heteroatoms. The summed E-state index contributed by atoms with van der Waals surface area (Å²) in [5.74, 6) is -0.226. The van der Waals surface area contributed by atoms with Crippen molar-refractivity contribution in [3.05, 3.63) is 79.9 Å². The predicted octanol–water partition coefficient (Wildman–Crippen LogP) is 4.04. The summed E-state index contributed by atoms with van der Waals surface area (Å²) >= 11 is 0. The van der Waals surface area contributed by atoms with E-state index >= 15 is 0 Å². The van der Waals surface area contributed by atoms with Gasteiger partial charge in [-0.25, -0.2) is 0 Å². The van der Waals surface area contributed by atoms with Gasteiger partial charge in [-0.15, -0.1) is 0 Å². The predicted molar refractivity (Wildman–Crippen MR) is 94.2 cm³/mol. The van der Waals surface area contributed by atoms with Gasteiger partial charge in [0.25, 0.3) is 11.4 Å². The molecule has 2 aliphatic rings. The number of fused-ring (bicyclic) bond motifs is 3. The Hall–Kier alpha value is -3.42. The van der Waals surface area contributed by atoms with E-state index in [0.29, 0.717) is 11.3 Å². The number of hydrogen-bond acceptors (Lipinski definition) is 6. The first kappa shape index (κ1) is 16.1. The zero-order valence-electron chi connectivity index (χ0n) is 13.5. The zero-order chi connectivity index (χ0) is 18.4. The van der Waals surface area contributed by atoms with Gasteiger partial charge in [-0.3, -0.25) is 20.2 Å². The second-order valence-electron chi connectivity index (χ2n) is 6.51. The Kier molecular flexibility index (Phi) is 3.61. The Balaban J connectivity index is 1.81. The molecule has 3 atom stereocenters. The number of nitrogens with one attached hydrogen (secondary N) is 1. The van der Waals surface area contributed by atoms with Gasteiger partial charge in [0.15, 0.2) is 0 Å². The molecule has 0 saturated carbocycles. The van der Waals surface area contributed by atoms with E-state index in [9.17, 15) is 25.3 Å². The van der Waals surface area contributed by atoms with Crippen molar-refractivity contribution in [1.29, 1.82) is 0 Å². The summed E-state index contributed by atoms with van der Waals surface area (Å²) in [7, 11) is 0. The third-order valence-electron chi connectivity index (χ3n) is 5.08. The van der Waals surface area contributed by atoms with Gasteiger partial charge in [0.1, 0.15) is 5.75 Å². The third-order valence-corrected chi connectivity index (χ3v) is 5.08. The molecule has 2 aromatic carbocycles. The second kappa shape index (κ2) is 5.83. The molecule has 0 aromatic heterocycles. The lowest BCUT2D eigenvalue weighted by Gasteiger charge is -2.37. The summed E-state index contributed by atoms with van der Waals surface area (Å²) in [4.78, 5) is 21.2. The number of non-ortho nitro benzene ring substituents is 2. The minimum atomic E-state index is -0.527. The molecule has 1 aliphatic heterocycles. The molecule has 4 rings (SSSR count). The van der Waals surface area contributed by atoms with Crippen LogP contribution in [0.2, 0.25) is 0 Å². The number of rotatable bonds is 3. The topological polar surface area (TPSA) is 119 Å². The standard InChI is InChI=1S/C18H15N3O5/c22-16-9-12(21(25)26)8-15-13-5-2-6-14(13)17(19-18(15)16)10-3-1-4-11(7-10)20(23)24/h1-5,7-9,13-14,17,19,22H,6H2. The number of benzene rings is 2. The van der Waals surface area contributed by atoms with Crippen LogP contribution in [0.4, 0.5) is 17.1 Å². The van der Waals surface area contributed by atoms with Crippen LogP contribution in [-0.2, 0) is 0 Å². The highest BCUT2D eigenvalue weighted by molar-refractivity contribution is 5.70. The summed E-state index contributed by atoms with van der Waals surface area (Å²) in [6.07, 6.45) is 4.73. The van der Waals surface area contributed by atoms with Crippen LogP contribution in [0, 0.1) is 26.1 Å². The highest BCUT2D eigenvalue weighted by Gasteiger charge is 2.40. The van der Waals surface area contributed by atoms with E-state index in [-0.39, 0.29) is 35.0 Å². The lowest BCUT2D eigenvalue weighted by molar-refractivity contribution is -0.385. The molecule has 0 radical (unpaired) electrons. The molecule has 1 aliphatic carbocycles. The third kappa shape index (κ3) is 2.46. The highest BCUT2D eigenvalue weighted by Crippen LogP contribution is 2.53. The normalized spacial score (nSPS) is 23.0. The van der Waals surface area contributed by atoms with Gasteiger partial charge in [-0.1, -0.05) is 24.3 Å². The smallest absolute Gasteiger partial charge is 0.273 e. The number of allylic oxidation sites excluding steroid dienone is 2. The van der Waals surface area contributed by atoms with Crippen LogP contribution in [0.3, 0.4) is 0 Å². The first-order valence-corrected chi connectivity index (χ1v) is 8.14. The van der Waals surface area contributed by atoms with Crippen molar-refractivity contribution >= 4 is 17.1 Å². The SMILES string of the molecule is O=[N+]([O-])c1cccc(C2Nc3c(O)cc([N+](=O)[O-])cc3C3C=CCC32)c1. The Labute approximate surface area is 148 Å². The van der Waals surface area contributed by atoms with Crippen molar-refractivity contribution in [2.75, 3.05) is 5.32 Å². The summed E-state index contributed by atoms with van der Waals surface area (Å²) in [6, 6.07) is 8.78. The van der Waals surface area contributed by atoms with E-state index < -0.39 is 9.85 Å². The van der Waals surface area contributed by atoms with E-state index in [0.717, 1.165) is 18.1 Å². The monoisotopic (exact) mass is 353 g/mol. The first-order chi connectivity index (χ1) is 12.5.